The predicted octanol–water partition coefficient (Wildman–Crippen LogP) is 4.66. The molecule has 0 unspecified atom stereocenters. The fourth-order valence-corrected chi connectivity index (χ4v) is 3.77. The molecule has 3 rings (SSSR count). The van der Waals surface area contributed by atoms with Crippen LogP contribution in [-0.2, 0) is 17.6 Å². The van der Waals surface area contributed by atoms with E-state index >= 15 is 0 Å². The second-order valence-electron chi connectivity index (χ2n) is 8.12. The number of methoxy groups -OCH3 is 3. The first-order valence-corrected chi connectivity index (χ1v) is 11.3. The van der Waals surface area contributed by atoms with Crippen LogP contribution in [0.15, 0.2) is 42.5 Å². The lowest BCUT2D eigenvalue weighted by Crippen LogP contribution is -2.29. The lowest BCUT2D eigenvalue weighted by molar-refractivity contribution is -0.129. The first-order valence-electron chi connectivity index (χ1n) is 11.3. The van der Waals surface area contributed by atoms with Crippen molar-refractivity contribution in [1.82, 2.24) is 15.1 Å². The number of rotatable bonds is 12. The van der Waals surface area contributed by atoms with E-state index in [-0.39, 0.29) is 18.1 Å². The standard InChI is InChI=1S/C26H32FN3O4/c1-30(25(31)16-18-14-23(32-2)26(34-4)24(15-18)33-3)13-7-5-6-8-21-17-22(29-28-21)19-9-11-20(27)12-10-19/h9-12,14-15,17H,5-8,13,16H2,1-4H3,(H,28,29). The van der Waals surface area contributed by atoms with Gasteiger partial charge in [0.15, 0.2) is 11.5 Å². The summed E-state index contributed by atoms with van der Waals surface area (Å²) in [6.07, 6.45) is 4.02. The molecule has 34 heavy (non-hydrogen) atoms. The molecule has 0 radical (unpaired) electrons. The Labute approximate surface area is 199 Å². The summed E-state index contributed by atoms with van der Waals surface area (Å²) < 4.78 is 29.2. The van der Waals surface area contributed by atoms with E-state index in [0.29, 0.717) is 23.8 Å². The molecule has 0 saturated heterocycles. The molecule has 1 N–H and O–H groups in total. The number of amides is 1. The Morgan fingerprint density at radius 3 is 2.26 bits per heavy atom. The van der Waals surface area contributed by atoms with Crippen LogP contribution in [0.1, 0.15) is 30.5 Å². The van der Waals surface area contributed by atoms with Gasteiger partial charge < -0.3 is 19.1 Å². The molecule has 0 aliphatic carbocycles. The Kier molecular flexibility index (Phi) is 8.90. The fraction of sp³-hybridized carbons (Fsp3) is 0.385. The number of carbonyl (C=O) groups is 1. The predicted molar refractivity (Wildman–Crippen MR) is 129 cm³/mol. The molecule has 0 saturated carbocycles. The van der Waals surface area contributed by atoms with Crippen molar-refractivity contribution in [2.75, 3.05) is 34.9 Å². The van der Waals surface area contributed by atoms with Crippen molar-refractivity contribution in [3.8, 4) is 28.5 Å². The number of H-pyrrole nitrogens is 1. The van der Waals surface area contributed by atoms with E-state index < -0.39 is 0 Å². The average molecular weight is 470 g/mol. The van der Waals surface area contributed by atoms with Crippen LogP contribution < -0.4 is 14.2 Å². The summed E-state index contributed by atoms with van der Waals surface area (Å²) in [5.41, 5.74) is 3.55. The van der Waals surface area contributed by atoms with Gasteiger partial charge in [-0.15, -0.1) is 0 Å². The number of aromatic amines is 1. The van der Waals surface area contributed by atoms with Crippen LogP contribution in [0, 0.1) is 5.82 Å². The van der Waals surface area contributed by atoms with Gasteiger partial charge in [-0.05, 0) is 67.3 Å². The molecule has 0 spiro atoms. The molecule has 0 aliphatic heterocycles. The van der Waals surface area contributed by atoms with Gasteiger partial charge in [0, 0.05) is 24.8 Å². The van der Waals surface area contributed by atoms with Gasteiger partial charge in [0.1, 0.15) is 5.82 Å². The van der Waals surface area contributed by atoms with Gasteiger partial charge in [0.25, 0.3) is 0 Å². The molecule has 0 fully saturated rings. The number of ether oxygens (including phenoxy) is 3. The summed E-state index contributed by atoms with van der Waals surface area (Å²) >= 11 is 0. The SMILES string of the molecule is COc1cc(CC(=O)N(C)CCCCCc2cc(-c3ccc(F)cc3)n[nH]2)cc(OC)c1OC. The molecular weight excluding hydrogens is 437 g/mol. The highest BCUT2D eigenvalue weighted by atomic mass is 19.1. The molecular formula is C26H32FN3O4. The van der Waals surface area contributed by atoms with Crippen molar-refractivity contribution in [3.63, 3.8) is 0 Å². The number of aryl methyl sites for hydroxylation is 1. The number of unbranched alkanes of at least 4 members (excludes halogenated alkanes) is 2. The van der Waals surface area contributed by atoms with Crippen LogP contribution in [0.25, 0.3) is 11.3 Å². The smallest absolute Gasteiger partial charge is 0.226 e. The minimum atomic E-state index is -0.258. The minimum Gasteiger partial charge on any atom is -0.493 e. The third-order valence-electron chi connectivity index (χ3n) is 5.72. The van der Waals surface area contributed by atoms with Crippen LogP contribution in [0.3, 0.4) is 0 Å². The Morgan fingerprint density at radius 1 is 0.971 bits per heavy atom. The van der Waals surface area contributed by atoms with Gasteiger partial charge in [0.2, 0.25) is 11.7 Å². The number of carbonyl (C=O) groups excluding carboxylic acids is 1. The van der Waals surface area contributed by atoms with Crippen molar-refractivity contribution in [3.05, 3.63) is 59.5 Å². The van der Waals surface area contributed by atoms with Crippen LogP contribution in [0.4, 0.5) is 4.39 Å². The highest BCUT2D eigenvalue weighted by molar-refractivity contribution is 5.79. The average Bonchev–Trinajstić information content (AvgIpc) is 3.32. The topological polar surface area (TPSA) is 76.7 Å². The van der Waals surface area contributed by atoms with Crippen LogP contribution in [0.2, 0.25) is 0 Å². The van der Waals surface area contributed by atoms with E-state index in [1.165, 1.54) is 12.1 Å². The normalized spacial score (nSPS) is 10.7. The third kappa shape index (κ3) is 6.50. The van der Waals surface area contributed by atoms with E-state index in [0.717, 1.165) is 48.2 Å². The minimum absolute atomic E-state index is 0.0341. The van der Waals surface area contributed by atoms with Gasteiger partial charge in [0.05, 0.1) is 33.4 Å². The summed E-state index contributed by atoms with van der Waals surface area (Å²) in [6, 6.07) is 11.9. The van der Waals surface area contributed by atoms with E-state index in [1.807, 2.05) is 13.1 Å². The van der Waals surface area contributed by atoms with Gasteiger partial charge in [-0.1, -0.05) is 6.42 Å². The summed E-state index contributed by atoms with van der Waals surface area (Å²) in [7, 11) is 6.49. The second kappa shape index (κ2) is 12.1. The summed E-state index contributed by atoms with van der Waals surface area (Å²) in [5, 5.41) is 7.37. The Hall–Kier alpha value is -3.55. The highest BCUT2D eigenvalue weighted by Crippen LogP contribution is 2.38. The molecule has 2 aromatic carbocycles. The highest BCUT2D eigenvalue weighted by Gasteiger charge is 2.16. The third-order valence-corrected chi connectivity index (χ3v) is 5.72. The maximum Gasteiger partial charge on any atom is 0.226 e. The number of likely N-dealkylation sites (N-methyl/N-ethyl adjacent to an activating group) is 1. The molecule has 182 valence electrons. The second-order valence-corrected chi connectivity index (χ2v) is 8.12. The molecule has 0 atom stereocenters. The van der Waals surface area contributed by atoms with Gasteiger partial charge in [-0.25, -0.2) is 4.39 Å². The first kappa shape index (κ1) is 25.1. The van der Waals surface area contributed by atoms with E-state index in [4.69, 9.17) is 14.2 Å². The number of halogens is 1. The zero-order valence-corrected chi connectivity index (χ0v) is 20.2. The van der Waals surface area contributed by atoms with Crippen molar-refractivity contribution >= 4 is 5.91 Å². The maximum atomic E-state index is 13.1. The number of nitrogens with one attached hydrogen (secondary N) is 1. The molecule has 0 bridgehead atoms. The Balaban J connectivity index is 1.42. The monoisotopic (exact) mass is 469 g/mol. The number of benzene rings is 2. The molecule has 3 aromatic rings. The lowest BCUT2D eigenvalue weighted by atomic mass is 10.1. The largest absolute Gasteiger partial charge is 0.493 e. The number of hydrogen-bond acceptors (Lipinski definition) is 5. The summed E-state index contributed by atoms with van der Waals surface area (Å²) in [6.45, 7) is 0.688. The molecule has 8 heteroatoms. The number of nitrogens with zero attached hydrogens (tertiary/aromatic N) is 2. The van der Waals surface area contributed by atoms with E-state index in [2.05, 4.69) is 10.2 Å². The summed E-state index contributed by atoms with van der Waals surface area (Å²) in [5.74, 6) is 1.36. The summed E-state index contributed by atoms with van der Waals surface area (Å²) in [4.78, 5) is 14.4. The van der Waals surface area contributed by atoms with E-state index in [9.17, 15) is 9.18 Å². The first-order chi connectivity index (χ1) is 16.4. The van der Waals surface area contributed by atoms with Gasteiger partial charge >= 0.3 is 0 Å². The molecule has 1 amide bonds. The van der Waals surface area contributed by atoms with Crippen molar-refractivity contribution < 1.29 is 23.4 Å². The Bertz CT molecular complexity index is 1060. The van der Waals surface area contributed by atoms with Crippen LogP contribution in [0.5, 0.6) is 17.2 Å². The van der Waals surface area contributed by atoms with Crippen molar-refractivity contribution in [2.45, 2.75) is 32.1 Å². The fourth-order valence-electron chi connectivity index (χ4n) is 3.77. The Morgan fingerprint density at radius 2 is 1.65 bits per heavy atom. The maximum absolute atomic E-state index is 13.1. The lowest BCUT2D eigenvalue weighted by Gasteiger charge is -2.18. The van der Waals surface area contributed by atoms with Gasteiger partial charge in [-0.3, -0.25) is 9.89 Å². The van der Waals surface area contributed by atoms with Crippen molar-refractivity contribution in [2.24, 2.45) is 0 Å². The van der Waals surface area contributed by atoms with Crippen LogP contribution >= 0.6 is 0 Å². The molecule has 7 nitrogen and oxygen atoms in total. The zero-order chi connectivity index (χ0) is 24.5. The molecule has 1 aromatic heterocycles. The quantitative estimate of drug-likeness (QED) is 0.391. The number of aromatic nitrogens is 2. The van der Waals surface area contributed by atoms with Gasteiger partial charge in [-0.2, -0.15) is 5.10 Å². The van der Waals surface area contributed by atoms with Crippen LogP contribution in [-0.4, -0.2) is 55.9 Å². The zero-order valence-electron chi connectivity index (χ0n) is 20.2. The van der Waals surface area contributed by atoms with E-state index in [1.54, 1.807) is 50.5 Å². The molecule has 1 heterocycles. The number of hydrogen-bond donors (Lipinski definition) is 1. The molecule has 0 aliphatic rings. The van der Waals surface area contributed by atoms with Crippen molar-refractivity contribution in [1.29, 1.82) is 0 Å².